The molecule has 10 heteroatoms. The first-order valence-electron chi connectivity index (χ1n) is 10.3. The van der Waals surface area contributed by atoms with E-state index in [9.17, 15) is 18.0 Å². The number of carboxylic acids is 1. The van der Waals surface area contributed by atoms with Crippen LogP contribution in [0.4, 0.5) is 13.2 Å². The average molecular weight is 446 g/mol. The Labute approximate surface area is 179 Å². The van der Waals surface area contributed by atoms with Crippen LogP contribution >= 0.6 is 0 Å². The molecule has 3 heterocycles. The van der Waals surface area contributed by atoms with Gasteiger partial charge in [0.1, 0.15) is 5.69 Å². The molecule has 2 saturated heterocycles. The molecule has 0 aromatic carbocycles. The van der Waals surface area contributed by atoms with E-state index in [1.807, 2.05) is 30.9 Å². The van der Waals surface area contributed by atoms with Crippen molar-refractivity contribution in [1.29, 1.82) is 0 Å². The van der Waals surface area contributed by atoms with Crippen molar-refractivity contribution in [1.82, 2.24) is 9.88 Å². The molecule has 1 spiro atoms. The van der Waals surface area contributed by atoms with Crippen molar-refractivity contribution < 1.29 is 37.3 Å². The Bertz CT molecular complexity index is 732. The third-order valence-electron chi connectivity index (χ3n) is 5.68. The van der Waals surface area contributed by atoms with Gasteiger partial charge in [-0.25, -0.2) is 4.79 Å². The largest absolute Gasteiger partial charge is 0.490 e. The second kappa shape index (κ2) is 10.9. The molecule has 1 amide bonds. The van der Waals surface area contributed by atoms with E-state index < -0.39 is 12.1 Å². The molecule has 7 nitrogen and oxygen atoms in total. The molecule has 1 aromatic rings. The molecule has 2 aliphatic rings. The lowest BCUT2D eigenvalue weighted by molar-refractivity contribution is -0.192. The van der Waals surface area contributed by atoms with Gasteiger partial charge in [0.25, 0.3) is 5.91 Å². The Morgan fingerprint density at radius 3 is 2.48 bits per heavy atom. The van der Waals surface area contributed by atoms with Crippen molar-refractivity contribution >= 4 is 11.9 Å². The first-order valence-corrected chi connectivity index (χ1v) is 10.3. The van der Waals surface area contributed by atoms with Gasteiger partial charge < -0.3 is 19.5 Å². The van der Waals surface area contributed by atoms with E-state index in [2.05, 4.69) is 4.98 Å². The van der Waals surface area contributed by atoms with Gasteiger partial charge in [-0.1, -0.05) is 6.07 Å². The number of carbonyl (C=O) groups is 2. The molecular weight excluding hydrogens is 417 g/mol. The molecule has 2 aliphatic heterocycles. The summed E-state index contributed by atoms with van der Waals surface area (Å²) in [6.07, 6.45) is 0.674. The lowest BCUT2D eigenvalue weighted by Crippen LogP contribution is -2.49. The molecular formula is C21H29F3N2O5. The fourth-order valence-electron chi connectivity index (χ4n) is 3.96. The van der Waals surface area contributed by atoms with Crippen LogP contribution in [0.1, 0.15) is 48.7 Å². The number of pyridine rings is 1. The Morgan fingerprint density at radius 1 is 1.32 bits per heavy atom. The summed E-state index contributed by atoms with van der Waals surface area (Å²) in [5, 5.41) is 7.12. The maximum absolute atomic E-state index is 12.6. The third kappa shape index (κ3) is 6.90. The van der Waals surface area contributed by atoms with E-state index in [1.165, 1.54) is 0 Å². The summed E-state index contributed by atoms with van der Waals surface area (Å²) < 4.78 is 43.4. The number of likely N-dealkylation sites (tertiary alicyclic amines) is 1. The molecule has 1 unspecified atom stereocenters. The maximum Gasteiger partial charge on any atom is 0.490 e. The molecule has 3 rings (SSSR count). The Hall–Kier alpha value is -2.20. The second-order valence-electron chi connectivity index (χ2n) is 7.70. The van der Waals surface area contributed by atoms with Crippen LogP contribution in [0.2, 0.25) is 0 Å². The van der Waals surface area contributed by atoms with Crippen LogP contribution in [0.3, 0.4) is 0 Å². The topological polar surface area (TPSA) is 89.0 Å². The maximum atomic E-state index is 12.6. The van der Waals surface area contributed by atoms with Crippen molar-refractivity contribution in [2.45, 2.75) is 51.3 Å². The highest BCUT2D eigenvalue weighted by atomic mass is 19.4. The summed E-state index contributed by atoms with van der Waals surface area (Å²) in [4.78, 5) is 27.7. The first-order chi connectivity index (χ1) is 14.6. The number of hydrogen-bond acceptors (Lipinski definition) is 5. The smallest absolute Gasteiger partial charge is 0.475 e. The van der Waals surface area contributed by atoms with Crippen LogP contribution < -0.4 is 0 Å². The van der Waals surface area contributed by atoms with Gasteiger partial charge >= 0.3 is 12.1 Å². The van der Waals surface area contributed by atoms with Gasteiger partial charge in [-0.15, -0.1) is 0 Å². The quantitative estimate of drug-likeness (QED) is 0.697. The number of hydrogen-bond donors (Lipinski definition) is 1. The number of carboxylic acid groups (broad SMARTS) is 1. The molecule has 1 aromatic heterocycles. The fourth-order valence-corrected chi connectivity index (χ4v) is 3.96. The Kier molecular flexibility index (Phi) is 8.81. The van der Waals surface area contributed by atoms with Gasteiger partial charge in [0.15, 0.2) is 0 Å². The third-order valence-corrected chi connectivity index (χ3v) is 5.68. The van der Waals surface area contributed by atoms with Crippen molar-refractivity contribution in [3.63, 3.8) is 0 Å². The van der Waals surface area contributed by atoms with Crippen LogP contribution in [0.15, 0.2) is 18.3 Å². The first kappa shape index (κ1) is 25.1. The summed E-state index contributed by atoms with van der Waals surface area (Å²) in [5.41, 5.74) is 1.56. The second-order valence-corrected chi connectivity index (χ2v) is 7.70. The molecule has 0 saturated carbocycles. The minimum Gasteiger partial charge on any atom is -0.475 e. The van der Waals surface area contributed by atoms with Crippen LogP contribution in [-0.4, -0.2) is 71.6 Å². The highest BCUT2D eigenvalue weighted by Crippen LogP contribution is 2.42. The number of nitrogens with zero attached hydrogens (tertiary/aromatic N) is 2. The molecule has 0 radical (unpaired) electrons. The predicted octanol–water partition coefficient (Wildman–Crippen LogP) is 3.46. The van der Waals surface area contributed by atoms with Crippen molar-refractivity contribution in [3.8, 4) is 0 Å². The highest BCUT2D eigenvalue weighted by Gasteiger charge is 2.46. The van der Waals surface area contributed by atoms with Crippen molar-refractivity contribution in [3.05, 3.63) is 29.6 Å². The van der Waals surface area contributed by atoms with Gasteiger partial charge in [-0.05, 0) is 57.1 Å². The number of aliphatic carboxylic acids is 1. The normalized spacial score (nSPS) is 20.3. The van der Waals surface area contributed by atoms with Gasteiger partial charge in [0.05, 0.1) is 5.60 Å². The lowest BCUT2D eigenvalue weighted by Gasteiger charge is -2.42. The lowest BCUT2D eigenvalue weighted by atomic mass is 9.78. The number of rotatable bonds is 5. The van der Waals surface area contributed by atoms with E-state index in [1.54, 1.807) is 6.20 Å². The number of aryl methyl sites for hydroxylation is 1. The zero-order valence-electron chi connectivity index (χ0n) is 17.8. The number of piperidine rings is 1. The number of ether oxygens (including phenoxy) is 2. The highest BCUT2D eigenvalue weighted by molar-refractivity contribution is 5.92. The van der Waals surface area contributed by atoms with E-state index in [0.29, 0.717) is 11.6 Å². The molecule has 0 aliphatic carbocycles. The molecule has 2 fully saturated rings. The standard InChI is InChI=1S/C19H28N2O3.C2HF3O2/c1-3-23-12-6-16-7-13-24-19(16)8-10-21(11-9-19)18(22)17-5-4-15(2)14-20-17;3-2(4,5)1(6)7/h4-5,14,16H,3,6-13H2,1-2H3;(H,6,7). The molecule has 0 bridgehead atoms. The van der Waals surface area contributed by atoms with E-state index in [4.69, 9.17) is 19.4 Å². The number of aromatic nitrogens is 1. The zero-order chi connectivity index (χ0) is 23.1. The summed E-state index contributed by atoms with van der Waals surface area (Å²) in [6, 6.07) is 3.76. The minimum atomic E-state index is -5.08. The van der Waals surface area contributed by atoms with Crippen molar-refractivity contribution in [2.24, 2.45) is 5.92 Å². The molecule has 31 heavy (non-hydrogen) atoms. The van der Waals surface area contributed by atoms with Gasteiger partial charge in [0, 0.05) is 39.1 Å². The van der Waals surface area contributed by atoms with Crippen LogP contribution in [0, 0.1) is 12.8 Å². The summed E-state index contributed by atoms with van der Waals surface area (Å²) >= 11 is 0. The molecule has 174 valence electrons. The molecule has 1 atom stereocenters. The van der Waals surface area contributed by atoms with Gasteiger partial charge in [0.2, 0.25) is 0 Å². The van der Waals surface area contributed by atoms with Crippen LogP contribution in [-0.2, 0) is 14.3 Å². The number of halogens is 3. The monoisotopic (exact) mass is 446 g/mol. The van der Waals surface area contributed by atoms with E-state index in [0.717, 1.165) is 64.2 Å². The fraction of sp³-hybridized carbons (Fsp3) is 0.667. The minimum absolute atomic E-state index is 0.0358. The predicted molar refractivity (Wildman–Crippen MR) is 106 cm³/mol. The summed E-state index contributed by atoms with van der Waals surface area (Å²) in [5.74, 6) is -2.17. The Morgan fingerprint density at radius 2 is 1.97 bits per heavy atom. The van der Waals surface area contributed by atoms with Gasteiger partial charge in [-0.2, -0.15) is 13.2 Å². The van der Waals surface area contributed by atoms with Crippen molar-refractivity contribution in [2.75, 3.05) is 32.9 Å². The summed E-state index contributed by atoms with van der Waals surface area (Å²) in [7, 11) is 0. The van der Waals surface area contributed by atoms with Crippen LogP contribution in [0.5, 0.6) is 0 Å². The van der Waals surface area contributed by atoms with E-state index >= 15 is 0 Å². The van der Waals surface area contributed by atoms with Crippen LogP contribution in [0.25, 0.3) is 0 Å². The summed E-state index contributed by atoms with van der Waals surface area (Å²) in [6.45, 7) is 7.92. The van der Waals surface area contributed by atoms with Gasteiger partial charge in [-0.3, -0.25) is 9.78 Å². The zero-order valence-corrected chi connectivity index (χ0v) is 17.8. The number of alkyl halides is 3. The SMILES string of the molecule is CCOCCC1CCOC12CCN(C(=O)c1ccc(C)cn1)CC2.O=C(O)C(F)(F)F. The molecule has 1 N–H and O–H groups in total. The number of amides is 1. The Balaban J connectivity index is 0.000000423. The average Bonchev–Trinajstić information content (AvgIpc) is 3.10. The van der Waals surface area contributed by atoms with E-state index in [-0.39, 0.29) is 11.5 Å². The number of carbonyl (C=O) groups excluding carboxylic acids is 1.